The third-order valence-corrected chi connectivity index (χ3v) is 3.44. The van der Waals surface area contributed by atoms with Gasteiger partial charge in [-0.25, -0.2) is 0 Å². The Bertz CT molecular complexity index is 627. The number of nitrogens with two attached hydrogens (primary N) is 1. The molecule has 0 aromatic rings. The molecule has 11 nitrogen and oxygen atoms in total. The average molecular weight is 533 g/mol. The first-order valence-electron chi connectivity index (χ1n) is 7.82. The Morgan fingerprint density at radius 1 is 0.893 bits per heavy atom. The van der Waals surface area contributed by atoms with Gasteiger partial charge < -0.3 is 0 Å². The molecule has 1 rings (SSSR count). The van der Waals surface area contributed by atoms with Gasteiger partial charge in [-0.1, -0.05) is 0 Å². The fourth-order valence-corrected chi connectivity index (χ4v) is 2.65. The SMILES string of the molecule is Br.CC(=O)OC[C@H]1O[C@@H](N=C(N)[Se])[C@H](OC(C)=O)[C@@H](OC(C)=O)[C@@H]1OC(C)=O. The molecule has 1 fully saturated rings. The topological polar surface area (TPSA) is 153 Å². The molecule has 0 unspecified atom stereocenters. The summed E-state index contributed by atoms with van der Waals surface area (Å²) in [6, 6.07) is 0. The zero-order valence-electron chi connectivity index (χ0n) is 15.6. The van der Waals surface area contributed by atoms with Crippen LogP contribution in [0.15, 0.2) is 4.99 Å². The predicted octanol–water partition coefficient (Wildman–Crippen LogP) is -0.869. The number of amidine groups is 1. The second-order valence-corrected chi connectivity index (χ2v) is 6.43. The number of esters is 4. The van der Waals surface area contributed by atoms with Crippen molar-refractivity contribution in [2.75, 3.05) is 6.61 Å². The van der Waals surface area contributed by atoms with E-state index in [9.17, 15) is 19.2 Å². The molecule has 28 heavy (non-hydrogen) atoms. The maximum absolute atomic E-state index is 11.6. The number of ether oxygens (including phenoxy) is 5. The van der Waals surface area contributed by atoms with Crippen molar-refractivity contribution >= 4 is 61.6 Å². The van der Waals surface area contributed by atoms with E-state index in [2.05, 4.69) is 21.0 Å². The van der Waals surface area contributed by atoms with E-state index in [0.29, 0.717) is 0 Å². The number of halogens is 1. The van der Waals surface area contributed by atoms with Gasteiger partial charge in [0.1, 0.15) is 0 Å². The summed E-state index contributed by atoms with van der Waals surface area (Å²) in [5.41, 5.74) is 5.54. The number of nitrogens with zero attached hydrogens (tertiary/aromatic N) is 1. The average Bonchev–Trinajstić information content (AvgIpc) is 2.49. The van der Waals surface area contributed by atoms with Crippen LogP contribution >= 0.6 is 17.0 Å². The monoisotopic (exact) mass is 533 g/mol. The first-order chi connectivity index (χ1) is 12.5. The van der Waals surface area contributed by atoms with Crippen molar-refractivity contribution in [1.29, 1.82) is 0 Å². The van der Waals surface area contributed by atoms with Gasteiger partial charge in [0.25, 0.3) is 0 Å². The normalized spacial score (nSPS) is 27.0. The van der Waals surface area contributed by atoms with Gasteiger partial charge in [0.05, 0.1) is 0 Å². The van der Waals surface area contributed by atoms with E-state index in [-0.39, 0.29) is 28.3 Å². The van der Waals surface area contributed by atoms with Gasteiger partial charge in [0, 0.05) is 0 Å². The molecule has 0 saturated carbocycles. The first kappa shape index (κ1) is 26.3. The molecule has 0 aliphatic carbocycles. The van der Waals surface area contributed by atoms with Crippen LogP contribution in [0.1, 0.15) is 27.7 Å². The Labute approximate surface area is 180 Å². The molecule has 13 heteroatoms. The van der Waals surface area contributed by atoms with Gasteiger partial charge in [-0.2, -0.15) is 0 Å². The van der Waals surface area contributed by atoms with Crippen molar-refractivity contribution in [3.05, 3.63) is 0 Å². The van der Waals surface area contributed by atoms with Crippen LogP contribution in [0.3, 0.4) is 0 Å². The molecule has 0 spiro atoms. The van der Waals surface area contributed by atoms with Gasteiger partial charge >= 0.3 is 163 Å². The van der Waals surface area contributed by atoms with E-state index >= 15 is 0 Å². The van der Waals surface area contributed by atoms with Crippen molar-refractivity contribution in [2.24, 2.45) is 10.7 Å². The summed E-state index contributed by atoms with van der Waals surface area (Å²) in [6.45, 7) is 4.27. The van der Waals surface area contributed by atoms with Crippen LogP contribution < -0.4 is 5.73 Å². The third kappa shape index (κ3) is 8.55. The summed E-state index contributed by atoms with van der Waals surface area (Å²) in [6.07, 6.45) is -5.99. The van der Waals surface area contributed by atoms with Gasteiger partial charge in [-0.3, -0.25) is 0 Å². The fraction of sp³-hybridized carbons (Fsp3) is 0.667. The standard InChI is InChI=1S/C15H21N2O9Se.BrH/c1-6(18)22-5-10-11(23-7(2)19)12(24-8(3)20)13(25-9(4)21)14(26-10)17-15(16)27;/h10-14H,5H2,1-4H3,(H2,16,17);1H/t10-,11-,12+,13-,14-;/m1./s1. The van der Waals surface area contributed by atoms with Crippen molar-refractivity contribution in [1.82, 2.24) is 0 Å². The molecule has 5 atom stereocenters. The van der Waals surface area contributed by atoms with Crippen LogP contribution in [0.4, 0.5) is 0 Å². The summed E-state index contributed by atoms with van der Waals surface area (Å²) in [7, 11) is 0. The maximum atomic E-state index is 11.6. The minimum absolute atomic E-state index is 0. The summed E-state index contributed by atoms with van der Waals surface area (Å²) >= 11 is 2.45. The molecule has 0 bridgehead atoms. The molecule has 1 radical (unpaired) electrons. The van der Waals surface area contributed by atoms with E-state index in [1.165, 1.54) is 6.92 Å². The Kier molecular flexibility index (Phi) is 11.3. The van der Waals surface area contributed by atoms with E-state index in [4.69, 9.17) is 29.4 Å². The summed E-state index contributed by atoms with van der Waals surface area (Å²) in [4.78, 5) is 49.8. The first-order valence-corrected chi connectivity index (χ1v) is 8.67. The zero-order valence-corrected chi connectivity index (χ0v) is 19.0. The van der Waals surface area contributed by atoms with Crippen LogP contribution in [0.2, 0.25) is 0 Å². The Morgan fingerprint density at radius 2 is 1.36 bits per heavy atom. The molecule has 2 N–H and O–H groups in total. The van der Waals surface area contributed by atoms with E-state index in [0.717, 1.165) is 20.8 Å². The Morgan fingerprint density at radius 3 is 1.79 bits per heavy atom. The molecular weight excluding hydrogens is 511 g/mol. The molecule has 1 heterocycles. The number of hydrogen-bond donors (Lipinski definition) is 1. The van der Waals surface area contributed by atoms with Gasteiger partial charge in [-0.05, 0) is 0 Å². The number of rotatable bonds is 6. The van der Waals surface area contributed by atoms with Crippen LogP contribution in [-0.4, -0.2) is 81.9 Å². The third-order valence-electron chi connectivity index (χ3n) is 3.22. The van der Waals surface area contributed by atoms with Gasteiger partial charge in [-0.15, -0.1) is 17.0 Å². The summed E-state index contributed by atoms with van der Waals surface area (Å²) in [5.74, 6) is -2.74. The summed E-state index contributed by atoms with van der Waals surface area (Å²) < 4.78 is 26.2. The van der Waals surface area contributed by atoms with E-state index < -0.39 is 54.5 Å². The molecule has 0 amide bonds. The van der Waals surface area contributed by atoms with Crippen molar-refractivity contribution < 1.29 is 42.9 Å². The molecule has 1 saturated heterocycles. The van der Waals surface area contributed by atoms with E-state index in [1.807, 2.05) is 0 Å². The van der Waals surface area contributed by atoms with Gasteiger partial charge in [0.15, 0.2) is 0 Å². The number of aliphatic imine (C=N–C) groups is 1. The van der Waals surface area contributed by atoms with Crippen molar-refractivity contribution in [3.8, 4) is 0 Å². The van der Waals surface area contributed by atoms with Crippen molar-refractivity contribution in [2.45, 2.75) is 58.3 Å². The Balaban J connectivity index is 0.00000729. The van der Waals surface area contributed by atoms with Crippen LogP contribution in [0.25, 0.3) is 0 Å². The molecule has 1 aliphatic heterocycles. The number of carbonyl (C=O) groups is 4. The number of carbonyl (C=O) groups excluding carboxylic acids is 4. The summed E-state index contributed by atoms with van der Waals surface area (Å²) in [5, 5.41) is 0. The molecule has 0 aromatic carbocycles. The predicted molar refractivity (Wildman–Crippen MR) is 99.7 cm³/mol. The minimum atomic E-state index is -1.27. The van der Waals surface area contributed by atoms with Crippen LogP contribution in [-0.2, 0) is 42.9 Å². The van der Waals surface area contributed by atoms with Crippen LogP contribution in [0.5, 0.6) is 0 Å². The number of hydrogen-bond acceptors (Lipinski definition) is 10. The molecule has 1 aliphatic rings. The molecule has 159 valence electrons. The van der Waals surface area contributed by atoms with E-state index in [1.54, 1.807) is 0 Å². The second-order valence-electron chi connectivity index (χ2n) is 5.56. The molecule has 0 aromatic heterocycles. The van der Waals surface area contributed by atoms with Gasteiger partial charge in [0.2, 0.25) is 0 Å². The van der Waals surface area contributed by atoms with Crippen LogP contribution in [0, 0.1) is 0 Å². The fourth-order valence-electron chi connectivity index (χ4n) is 2.43. The molecular formula is C15H22BrN2O9Se. The quantitative estimate of drug-likeness (QED) is 0.150. The Hall–Kier alpha value is -1.69. The zero-order chi connectivity index (χ0) is 20.7. The second kappa shape index (κ2) is 12.0. The van der Waals surface area contributed by atoms with Crippen molar-refractivity contribution in [3.63, 3.8) is 0 Å².